The van der Waals surface area contributed by atoms with Crippen molar-refractivity contribution >= 4 is 11.9 Å². The van der Waals surface area contributed by atoms with Crippen LogP contribution in [0.25, 0.3) is 0 Å². The summed E-state index contributed by atoms with van der Waals surface area (Å²) in [6, 6.07) is 9.57. The first-order valence-electron chi connectivity index (χ1n) is 8.84. The van der Waals surface area contributed by atoms with E-state index >= 15 is 0 Å². The van der Waals surface area contributed by atoms with Gasteiger partial charge >= 0.3 is 5.97 Å². The highest BCUT2D eigenvalue weighted by Crippen LogP contribution is 2.36. The Morgan fingerprint density at radius 3 is 2.77 bits per heavy atom. The lowest BCUT2D eigenvalue weighted by molar-refractivity contribution is -0.147. The number of benzene rings is 1. The van der Waals surface area contributed by atoms with Crippen LogP contribution in [0.1, 0.15) is 28.3 Å². The molecule has 0 radical (unpaired) electrons. The van der Waals surface area contributed by atoms with Crippen LogP contribution >= 0.6 is 0 Å². The topological polar surface area (TPSA) is 76.5 Å². The normalized spacial score (nSPS) is 22.1. The highest BCUT2D eigenvalue weighted by molar-refractivity contribution is 5.94. The molecule has 4 rings (SSSR count). The van der Waals surface area contributed by atoms with Crippen molar-refractivity contribution < 1.29 is 14.3 Å². The van der Waals surface area contributed by atoms with Gasteiger partial charge in [0.25, 0.3) is 5.91 Å². The molecule has 1 atom stereocenters. The number of fused-ring (bicyclic) bond motifs is 1. The van der Waals surface area contributed by atoms with E-state index in [9.17, 15) is 9.59 Å². The Morgan fingerprint density at radius 2 is 2.04 bits per heavy atom. The Labute approximate surface area is 152 Å². The number of amides is 1. The van der Waals surface area contributed by atoms with Crippen LogP contribution in [0.2, 0.25) is 0 Å². The lowest BCUT2D eigenvalue weighted by Crippen LogP contribution is -2.41. The standard InChI is InChI=1S/C19H22N4O3/c1-26-18(25)19(14-5-3-2-4-6-14)7-9-23(13-19)17(24)15-12-22-10-8-20-11-16(22)21-15/h2-6,12,20H,7-11,13H2,1H3/t19-/m1/s1. The predicted octanol–water partition coefficient (Wildman–Crippen LogP) is 0.943. The van der Waals surface area contributed by atoms with Crippen LogP contribution < -0.4 is 5.32 Å². The van der Waals surface area contributed by atoms with Crippen molar-refractivity contribution in [3.8, 4) is 0 Å². The molecule has 1 N–H and O–H groups in total. The van der Waals surface area contributed by atoms with Gasteiger partial charge in [0, 0.05) is 32.4 Å². The Morgan fingerprint density at radius 1 is 1.23 bits per heavy atom. The molecule has 136 valence electrons. The summed E-state index contributed by atoms with van der Waals surface area (Å²) in [5.74, 6) is 0.446. The number of imidazole rings is 1. The number of nitrogens with one attached hydrogen (secondary N) is 1. The van der Waals surface area contributed by atoms with Gasteiger partial charge in [-0.3, -0.25) is 9.59 Å². The Hall–Kier alpha value is -2.67. The second-order valence-corrected chi connectivity index (χ2v) is 6.83. The number of carbonyl (C=O) groups is 2. The maximum Gasteiger partial charge on any atom is 0.318 e. The molecule has 0 bridgehead atoms. The van der Waals surface area contributed by atoms with E-state index in [1.54, 1.807) is 4.90 Å². The molecule has 1 aromatic carbocycles. The summed E-state index contributed by atoms with van der Waals surface area (Å²) < 4.78 is 7.11. The molecular weight excluding hydrogens is 332 g/mol. The molecule has 1 amide bonds. The number of ether oxygens (including phenoxy) is 1. The van der Waals surface area contributed by atoms with E-state index in [0.717, 1.165) is 24.5 Å². The smallest absolute Gasteiger partial charge is 0.318 e. The summed E-state index contributed by atoms with van der Waals surface area (Å²) >= 11 is 0. The van der Waals surface area contributed by atoms with Gasteiger partial charge in [-0.1, -0.05) is 30.3 Å². The van der Waals surface area contributed by atoms with Crippen molar-refractivity contribution in [1.82, 2.24) is 19.8 Å². The number of likely N-dealkylation sites (tertiary alicyclic amines) is 1. The SMILES string of the molecule is COC(=O)[C@]1(c2ccccc2)CCN(C(=O)c2cn3c(n2)CNCC3)C1. The minimum atomic E-state index is -0.813. The molecule has 1 saturated heterocycles. The molecule has 2 aromatic rings. The largest absolute Gasteiger partial charge is 0.468 e. The lowest BCUT2D eigenvalue weighted by atomic mass is 9.79. The van der Waals surface area contributed by atoms with Crippen LogP contribution in [0.4, 0.5) is 0 Å². The van der Waals surface area contributed by atoms with E-state index in [0.29, 0.717) is 31.7 Å². The maximum atomic E-state index is 13.0. The first-order valence-corrected chi connectivity index (χ1v) is 8.84. The zero-order chi connectivity index (χ0) is 18.1. The van der Waals surface area contributed by atoms with Gasteiger partial charge in [0.15, 0.2) is 0 Å². The summed E-state index contributed by atoms with van der Waals surface area (Å²) in [4.78, 5) is 31.8. The summed E-state index contributed by atoms with van der Waals surface area (Å²) in [7, 11) is 1.40. The van der Waals surface area contributed by atoms with E-state index in [4.69, 9.17) is 4.74 Å². The van der Waals surface area contributed by atoms with Crippen molar-refractivity contribution in [1.29, 1.82) is 0 Å². The van der Waals surface area contributed by atoms with Gasteiger partial charge in [0.05, 0.1) is 13.7 Å². The number of rotatable bonds is 3. The van der Waals surface area contributed by atoms with Crippen molar-refractivity contribution in [2.45, 2.75) is 24.9 Å². The zero-order valence-corrected chi connectivity index (χ0v) is 14.8. The first kappa shape index (κ1) is 16.8. The fourth-order valence-electron chi connectivity index (χ4n) is 3.91. The zero-order valence-electron chi connectivity index (χ0n) is 14.8. The predicted molar refractivity (Wildman–Crippen MR) is 94.6 cm³/mol. The quantitative estimate of drug-likeness (QED) is 0.831. The van der Waals surface area contributed by atoms with E-state index in [-0.39, 0.29) is 11.9 Å². The molecule has 0 spiro atoms. The van der Waals surface area contributed by atoms with Crippen LogP contribution in [-0.4, -0.2) is 53.1 Å². The average molecular weight is 354 g/mol. The number of hydrogen-bond acceptors (Lipinski definition) is 5. The van der Waals surface area contributed by atoms with E-state index in [2.05, 4.69) is 10.3 Å². The number of methoxy groups -OCH3 is 1. The van der Waals surface area contributed by atoms with Gasteiger partial charge in [-0.15, -0.1) is 0 Å². The molecule has 0 unspecified atom stereocenters. The summed E-state index contributed by atoms with van der Waals surface area (Å²) in [5, 5.41) is 3.25. The van der Waals surface area contributed by atoms with Crippen molar-refractivity contribution in [2.75, 3.05) is 26.7 Å². The van der Waals surface area contributed by atoms with Crippen LogP contribution in [0, 0.1) is 0 Å². The van der Waals surface area contributed by atoms with Crippen LogP contribution in [-0.2, 0) is 28.0 Å². The van der Waals surface area contributed by atoms with Crippen molar-refractivity contribution in [3.05, 3.63) is 53.6 Å². The molecule has 3 heterocycles. The van der Waals surface area contributed by atoms with Gasteiger partial charge in [-0.25, -0.2) is 4.98 Å². The highest BCUT2D eigenvalue weighted by Gasteiger charge is 2.48. The van der Waals surface area contributed by atoms with Gasteiger partial charge in [-0.05, 0) is 12.0 Å². The van der Waals surface area contributed by atoms with Crippen molar-refractivity contribution in [2.24, 2.45) is 0 Å². The van der Waals surface area contributed by atoms with E-state index in [1.165, 1.54) is 7.11 Å². The number of nitrogens with zero attached hydrogens (tertiary/aromatic N) is 3. The minimum absolute atomic E-state index is 0.131. The molecule has 1 aromatic heterocycles. The minimum Gasteiger partial charge on any atom is -0.468 e. The Kier molecular flexibility index (Phi) is 4.24. The van der Waals surface area contributed by atoms with Crippen molar-refractivity contribution in [3.63, 3.8) is 0 Å². The first-order chi connectivity index (χ1) is 12.6. The molecule has 0 aliphatic carbocycles. The Balaban J connectivity index is 1.60. The number of carbonyl (C=O) groups excluding carboxylic acids is 2. The molecule has 1 fully saturated rings. The van der Waals surface area contributed by atoms with E-state index < -0.39 is 5.41 Å². The Bertz CT molecular complexity index is 809. The molecule has 0 saturated carbocycles. The average Bonchev–Trinajstić information content (AvgIpc) is 3.33. The van der Waals surface area contributed by atoms with Crippen LogP contribution in [0.15, 0.2) is 36.5 Å². The molecule has 2 aliphatic heterocycles. The number of esters is 1. The van der Waals surface area contributed by atoms with Gasteiger partial charge < -0.3 is 19.5 Å². The van der Waals surface area contributed by atoms with Gasteiger partial charge in [0.2, 0.25) is 0 Å². The van der Waals surface area contributed by atoms with Gasteiger partial charge in [-0.2, -0.15) is 0 Å². The second kappa shape index (κ2) is 6.57. The monoisotopic (exact) mass is 354 g/mol. The summed E-state index contributed by atoms with van der Waals surface area (Å²) in [5.41, 5.74) is 0.514. The fraction of sp³-hybridized carbons (Fsp3) is 0.421. The summed E-state index contributed by atoms with van der Waals surface area (Å²) in [6.45, 7) is 3.17. The third kappa shape index (κ3) is 2.68. The summed E-state index contributed by atoms with van der Waals surface area (Å²) in [6.07, 6.45) is 2.36. The van der Waals surface area contributed by atoms with E-state index in [1.807, 2.05) is 41.1 Å². The number of aromatic nitrogens is 2. The third-order valence-corrected chi connectivity index (χ3v) is 5.35. The maximum absolute atomic E-state index is 13.0. The molecule has 2 aliphatic rings. The molecule has 7 nitrogen and oxygen atoms in total. The molecular formula is C19H22N4O3. The second-order valence-electron chi connectivity index (χ2n) is 6.83. The molecule has 26 heavy (non-hydrogen) atoms. The van der Waals surface area contributed by atoms with Crippen LogP contribution in [0.3, 0.4) is 0 Å². The lowest BCUT2D eigenvalue weighted by Gasteiger charge is -2.26. The molecule has 7 heteroatoms. The number of hydrogen-bond donors (Lipinski definition) is 1. The third-order valence-electron chi connectivity index (χ3n) is 5.35. The highest BCUT2D eigenvalue weighted by atomic mass is 16.5. The van der Waals surface area contributed by atoms with Gasteiger partial charge in [0.1, 0.15) is 16.9 Å². The fourth-order valence-corrected chi connectivity index (χ4v) is 3.91. The van der Waals surface area contributed by atoms with Crippen LogP contribution in [0.5, 0.6) is 0 Å².